The predicted molar refractivity (Wildman–Crippen MR) is 69.3 cm³/mol. The molecule has 0 saturated heterocycles. The highest BCUT2D eigenvalue weighted by Gasteiger charge is 2.05. The third-order valence-corrected chi connectivity index (χ3v) is 3.05. The number of rotatable bonds is 2. The van der Waals surface area contributed by atoms with Crippen molar-refractivity contribution in [3.63, 3.8) is 0 Å². The van der Waals surface area contributed by atoms with E-state index in [0.29, 0.717) is 5.56 Å². The van der Waals surface area contributed by atoms with Crippen LogP contribution < -0.4 is 0 Å². The molecule has 0 fully saturated rings. The first-order valence-corrected chi connectivity index (χ1v) is 5.60. The lowest BCUT2D eigenvalue weighted by Crippen LogP contribution is -1.91. The van der Waals surface area contributed by atoms with Crippen molar-refractivity contribution < 1.29 is 4.79 Å². The Labute approximate surface area is 101 Å². The Hall–Kier alpha value is -1.96. The SMILES string of the molecule is Cc1cc(C)c(-c2cncc(C=O)c2)cc1C. The van der Waals surface area contributed by atoms with Crippen LogP contribution in [0.2, 0.25) is 0 Å². The molecule has 0 amide bonds. The third kappa shape index (κ3) is 2.26. The molecule has 0 aliphatic heterocycles. The van der Waals surface area contributed by atoms with Crippen molar-refractivity contribution in [1.29, 1.82) is 0 Å². The van der Waals surface area contributed by atoms with Gasteiger partial charge in [-0.05, 0) is 49.1 Å². The topological polar surface area (TPSA) is 30.0 Å². The summed E-state index contributed by atoms with van der Waals surface area (Å²) in [6, 6.07) is 6.19. The zero-order chi connectivity index (χ0) is 12.4. The highest BCUT2D eigenvalue weighted by molar-refractivity contribution is 5.78. The van der Waals surface area contributed by atoms with Gasteiger partial charge in [-0.25, -0.2) is 0 Å². The van der Waals surface area contributed by atoms with E-state index in [0.717, 1.165) is 17.4 Å². The zero-order valence-corrected chi connectivity index (χ0v) is 10.3. The summed E-state index contributed by atoms with van der Waals surface area (Å²) in [6.45, 7) is 6.27. The smallest absolute Gasteiger partial charge is 0.151 e. The molecule has 2 nitrogen and oxygen atoms in total. The first kappa shape index (κ1) is 11.5. The van der Waals surface area contributed by atoms with Gasteiger partial charge < -0.3 is 0 Å². The number of aromatic nitrogens is 1. The average molecular weight is 225 g/mol. The molecule has 1 heterocycles. The van der Waals surface area contributed by atoms with Gasteiger partial charge in [-0.3, -0.25) is 9.78 Å². The summed E-state index contributed by atoms with van der Waals surface area (Å²) in [5.74, 6) is 0. The van der Waals surface area contributed by atoms with Crippen LogP contribution in [0.1, 0.15) is 27.0 Å². The number of hydrogen-bond acceptors (Lipinski definition) is 2. The lowest BCUT2D eigenvalue weighted by atomic mass is 9.96. The van der Waals surface area contributed by atoms with E-state index >= 15 is 0 Å². The summed E-state index contributed by atoms with van der Waals surface area (Å²) < 4.78 is 0. The molecule has 17 heavy (non-hydrogen) atoms. The van der Waals surface area contributed by atoms with Gasteiger partial charge in [-0.15, -0.1) is 0 Å². The van der Waals surface area contributed by atoms with E-state index in [1.54, 1.807) is 12.4 Å². The molecule has 0 unspecified atom stereocenters. The molecule has 0 saturated carbocycles. The molecule has 0 bridgehead atoms. The Morgan fingerprint density at radius 1 is 0.941 bits per heavy atom. The molecule has 0 radical (unpaired) electrons. The van der Waals surface area contributed by atoms with Gasteiger partial charge in [0.15, 0.2) is 6.29 Å². The van der Waals surface area contributed by atoms with E-state index in [2.05, 4.69) is 37.9 Å². The van der Waals surface area contributed by atoms with Crippen LogP contribution in [0, 0.1) is 20.8 Å². The average Bonchev–Trinajstić information content (AvgIpc) is 2.34. The van der Waals surface area contributed by atoms with Gasteiger partial charge in [-0.2, -0.15) is 0 Å². The largest absolute Gasteiger partial charge is 0.298 e. The van der Waals surface area contributed by atoms with E-state index in [1.165, 1.54) is 16.7 Å². The van der Waals surface area contributed by atoms with Crippen molar-refractivity contribution in [2.45, 2.75) is 20.8 Å². The summed E-state index contributed by atoms with van der Waals surface area (Å²) in [6.07, 6.45) is 4.20. The van der Waals surface area contributed by atoms with Gasteiger partial charge in [0.2, 0.25) is 0 Å². The molecule has 0 atom stereocenters. The summed E-state index contributed by atoms with van der Waals surface area (Å²) >= 11 is 0. The fourth-order valence-electron chi connectivity index (χ4n) is 1.94. The highest BCUT2D eigenvalue weighted by atomic mass is 16.1. The first-order chi connectivity index (χ1) is 8.11. The number of pyridine rings is 1. The number of carbonyl (C=O) groups excluding carboxylic acids is 1. The Kier molecular flexibility index (Phi) is 3.05. The molecule has 0 spiro atoms. The maximum absolute atomic E-state index is 10.8. The fraction of sp³-hybridized carbons (Fsp3) is 0.200. The predicted octanol–water partition coefficient (Wildman–Crippen LogP) is 3.49. The third-order valence-electron chi connectivity index (χ3n) is 3.05. The summed E-state index contributed by atoms with van der Waals surface area (Å²) in [5.41, 5.74) is 6.49. The molecule has 2 aromatic rings. The second-order valence-electron chi connectivity index (χ2n) is 4.38. The molecule has 0 aliphatic rings. The van der Waals surface area contributed by atoms with Gasteiger partial charge in [0.05, 0.1) is 0 Å². The van der Waals surface area contributed by atoms with Crippen molar-refractivity contribution in [2.24, 2.45) is 0 Å². The lowest BCUT2D eigenvalue weighted by molar-refractivity contribution is 0.112. The second-order valence-corrected chi connectivity index (χ2v) is 4.38. The minimum atomic E-state index is 0.611. The number of aryl methyl sites for hydroxylation is 3. The van der Waals surface area contributed by atoms with Crippen LogP contribution in [0.3, 0.4) is 0 Å². The summed E-state index contributed by atoms with van der Waals surface area (Å²) in [4.78, 5) is 14.8. The highest BCUT2D eigenvalue weighted by Crippen LogP contribution is 2.26. The Balaban J connectivity index is 2.59. The van der Waals surface area contributed by atoms with E-state index in [9.17, 15) is 4.79 Å². The van der Waals surface area contributed by atoms with Gasteiger partial charge in [0.25, 0.3) is 0 Å². The van der Waals surface area contributed by atoms with Gasteiger partial charge in [0, 0.05) is 23.5 Å². The number of benzene rings is 1. The number of hydrogen-bond donors (Lipinski definition) is 0. The maximum Gasteiger partial charge on any atom is 0.151 e. The van der Waals surface area contributed by atoms with Crippen molar-refractivity contribution in [2.75, 3.05) is 0 Å². The van der Waals surface area contributed by atoms with Gasteiger partial charge in [-0.1, -0.05) is 12.1 Å². The Morgan fingerprint density at radius 3 is 2.35 bits per heavy atom. The van der Waals surface area contributed by atoms with Crippen LogP contribution in [0.25, 0.3) is 11.1 Å². The number of nitrogens with zero attached hydrogens (tertiary/aromatic N) is 1. The molecular weight excluding hydrogens is 210 g/mol. The lowest BCUT2D eigenvalue weighted by Gasteiger charge is -2.10. The van der Waals surface area contributed by atoms with Crippen LogP contribution in [0.4, 0.5) is 0 Å². The van der Waals surface area contributed by atoms with Crippen LogP contribution in [-0.2, 0) is 0 Å². The Morgan fingerprint density at radius 2 is 1.65 bits per heavy atom. The molecule has 1 aromatic carbocycles. The maximum atomic E-state index is 10.8. The van der Waals surface area contributed by atoms with Gasteiger partial charge in [0.1, 0.15) is 0 Å². The summed E-state index contributed by atoms with van der Waals surface area (Å²) in [5, 5.41) is 0. The monoisotopic (exact) mass is 225 g/mol. The van der Waals surface area contributed by atoms with Crippen LogP contribution in [-0.4, -0.2) is 11.3 Å². The summed E-state index contributed by atoms with van der Waals surface area (Å²) in [7, 11) is 0. The van der Waals surface area contributed by atoms with E-state index < -0.39 is 0 Å². The van der Waals surface area contributed by atoms with Crippen molar-refractivity contribution in [3.05, 3.63) is 52.8 Å². The van der Waals surface area contributed by atoms with Crippen LogP contribution in [0.5, 0.6) is 0 Å². The quantitative estimate of drug-likeness (QED) is 0.732. The van der Waals surface area contributed by atoms with Gasteiger partial charge >= 0.3 is 0 Å². The molecule has 0 N–H and O–H groups in total. The van der Waals surface area contributed by atoms with E-state index in [4.69, 9.17) is 0 Å². The molecule has 2 rings (SSSR count). The molecular formula is C15H15NO. The van der Waals surface area contributed by atoms with Crippen LogP contribution in [0.15, 0.2) is 30.6 Å². The fourth-order valence-corrected chi connectivity index (χ4v) is 1.94. The van der Waals surface area contributed by atoms with E-state index in [1.807, 2.05) is 6.07 Å². The van der Waals surface area contributed by atoms with E-state index in [-0.39, 0.29) is 0 Å². The molecule has 2 heteroatoms. The van der Waals surface area contributed by atoms with Crippen LogP contribution >= 0.6 is 0 Å². The standard InChI is InChI=1S/C15H15NO/c1-10-4-12(3)15(5-11(10)2)14-6-13(9-17)7-16-8-14/h4-9H,1-3H3. The first-order valence-electron chi connectivity index (χ1n) is 5.60. The molecule has 0 aliphatic carbocycles. The normalized spacial score (nSPS) is 10.3. The Bertz CT molecular complexity index is 573. The second kappa shape index (κ2) is 4.50. The number of carbonyl (C=O) groups is 1. The number of aldehydes is 1. The minimum absolute atomic E-state index is 0.611. The van der Waals surface area contributed by atoms with Crippen molar-refractivity contribution in [3.8, 4) is 11.1 Å². The zero-order valence-electron chi connectivity index (χ0n) is 10.3. The van der Waals surface area contributed by atoms with Crippen molar-refractivity contribution >= 4 is 6.29 Å². The molecule has 1 aromatic heterocycles. The van der Waals surface area contributed by atoms with Crippen molar-refractivity contribution in [1.82, 2.24) is 4.98 Å². The minimum Gasteiger partial charge on any atom is -0.298 e. The molecule has 86 valence electrons.